The van der Waals surface area contributed by atoms with Crippen molar-refractivity contribution in [2.45, 2.75) is 25.4 Å². The normalized spacial score (nSPS) is 17.0. The van der Waals surface area contributed by atoms with Gasteiger partial charge < -0.3 is 9.88 Å². The van der Waals surface area contributed by atoms with E-state index in [9.17, 15) is 4.79 Å². The Balaban J connectivity index is 1.45. The van der Waals surface area contributed by atoms with E-state index in [1.54, 1.807) is 22.5 Å². The molecule has 8 heteroatoms. The summed E-state index contributed by atoms with van der Waals surface area (Å²) < 4.78 is 3.82. The third kappa shape index (κ3) is 2.77. The molecule has 1 N–H and O–H groups in total. The Bertz CT molecular complexity index is 848. The number of carbonyl (C=O) groups is 1. The number of aromatic nitrogens is 5. The summed E-state index contributed by atoms with van der Waals surface area (Å²) in [6.07, 6.45) is 9.19. The fourth-order valence-corrected chi connectivity index (χ4v) is 3.56. The molecule has 0 spiro atoms. The predicted octanol–water partition coefficient (Wildman–Crippen LogP) is 1.48. The monoisotopic (exact) mass is 328 g/mol. The second-order valence-corrected chi connectivity index (χ2v) is 6.50. The molecule has 118 valence electrons. The summed E-state index contributed by atoms with van der Waals surface area (Å²) in [7, 11) is 1.86. The quantitative estimate of drug-likeness (QED) is 0.790. The van der Waals surface area contributed by atoms with Crippen LogP contribution in [0.3, 0.4) is 0 Å². The van der Waals surface area contributed by atoms with Gasteiger partial charge in [-0.05, 0) is 6.42 Å². The molecule has 1 aliphatic heterocycles. The van der Waals surface area contributed by atoms with E-state index >= 15 is 0 Å². The van der Waals surface area contributed by atoms with Crippen LogP contribution in [0.4, 0.5) is 0 Å². The number of amides is 1. The van der Waals surface area contributed by atoms with E-state index in [0.29, 0.717) is 5.69 Å². The van der Waals surface area contributed by atoms with E-state index in [1.807, 2.05) is 19.4 Å². The molecule has 0 saturated carbocycles. The van der Waals surface area contributed by atoms with Crippen LogP contribution in [0.1, 0.15) is 22.7 Å². The number of nitrogens with one attached hydrogen (secondary N) is 1. The Hall–Kier alpha value is -2.48. The Morgan fingerprint density at radius 1 is 1.48 bits per heavy atom. The van der Waals surface area contributed by atoms with Gasteiger partial charge in [0.05, 0.1) is 6.20 Å². The van der Waals surface area contributed by atoms with Crippen molar-refractivity contribution < 1.29 is 4.79 Å². The highest BCUT2D eigenvalue weighted by Gasteiger charge is 2.22. The largest absolute Gasteiger partial charge is 0.346 e. The molecule has 0 aliphatic carbocycles. The van der Waals surface area contributed by atoms with Crippen molar-refractivity contribution in [1.82, 2.24) is 29.6 Å². The van der Waals surface area contributed by atoms with Crippen molar-refractivity contribution in [2.24, 2.45) is 7.05 Å². The number of fused-ring (bicyclic) bond motifs is 1. The molecule has 0 saturated heterocycles. The van der Waals surface area contributed by atoms with Gasteiger partial charge in [0.1, 0.15) is 16.5 Å². The Morgan fingerprint density at radius 3 is 3.22 bits per heavy atom. The minimum Gasteiger partial charge on any atom is -0.346 e. The summed E-state index contributed by atoms with van der Waals surface area (Å²) in [4.78, 5) is 21.1. The van der Waals surface area contributed by atoms with E-state index in [0.717, 1.165) is 35.8 Å². The topological polar surface area (TPSA) is 77.6 Å². The summed E-state index contributed by atoms with van der Waals surface area (Å²) in [6.45, 7) is 0.765. The molecule has 0 unspecified atom stereocenters. The van der Waals surface area contributed by atoms with E-state index in [2.05, 4.69) is 25.0 Å². The van der Waals surface area contributed by atoms with Gasteiger partial charge in [-0.25, -0.2) is 9.97 Å². The summed E-state index contributed by atoms with van der Waals surface area (Å²) >= 11 is 1.46. The number of rotatable bonds is 3. The highest BCUT2D eigenvalue weighted by Crippen LogP contribution is 2.23. The third-order valence-corrected chi connectivity index (χ3v) is 4.85. The van der Waals surface area contributed by atoms with E-state index in [4.69, 9.17) is 0 Å². The summed E-state index contributed by atoms with van der Waals surface area (Å²) in [5.74, 6) is 0.966. The Kier molecular flexibility index (Phi) is 3.45. The minimum absolute atomic E-state index is 0.118. The fraction of sp³-hybridized carbons (Fsp3) is 0.333. The molecule has 23 heavy (non-hydrogen) atoms. The van der Waals surface area contributed by atoms with E-state index < -0.39 is 0 Å². The van der Waals surface area contributed by atoms with Gasteiger partial charge in [0.2, 0.25) is 0 Å². The summed E-state index contributed by atoms with van der Waals surface area (Å²) in [5.41, 5.74) is 1.39. The van der Waals surface area contributed by atoms with Gasteiger partial charge >= 0.3 is 0 Å². The second-order valence-electron chi connectivity index (χ2n) is 5.65. The van der Waals surface area contributed by atoms with Gasteiger partial charge in [0, 0.05) is 55.6 Å². The van der Waals surface area contributed by atoms with Crippen LogP contribution in [-0.4, -0.2) is 36.3 Å². The molecule has 4 heterocycles. The van der Waals surface area contributed by atoms with Crippen molar-refractivity contribution in [3.05, 3.63) is 41.7 Å². The van der Waals surface area contributed by atoms with Gasteiger partial charge in [0.25, 0.3) is 5.91 Å². The first-order chi connectivity index (χ1) is 11.2. The molecule has 1 aliphatic rings. The van der Waals surface area contributed by atoms with Gasteiger partial charge in [-0.1, -0.05) is 0 Å². The van der Waals surface area contributed by atoms with Gasteiger partial charge in [-0.15, -0.1) is 11.3 Å². The first-order valence-corrected chi connectivity index (χ1v) is 8.32. The number of hydrogen-bond acceptors (Lipinski definition) is 5. The molecule has 4 rings (SSSR count). The average Bonchev–Trinajstić information content (AvgIpc) is 3.26. The lowest BCUT2D eigenvalue weighted by atomic mass is 10.1. The molecule has 1 amide bonds. The van der Waals surface area contributed by atoms with Crippen molar-refractivity contribution in [1.29, 1.82) is 0 Å². The Morgan fingerprint density at radius 2 is 2.39 bits per heavy atom. The second kappa shape index (κ2) is 5.62. The van der Waals surface area contributed by atoms with Crippen LogP contribution in [-0.2, 0) is 20.0 Å². The number of nitrogens with zero attached hydrogens (tertiary/aromatic N) is 5. The number of aryl methyl sites for hydroxylation is 2. The zero-order valence-electron chi connectivity index (χ0n) is 12.6. The molecule has 0 bridgehead atoms. The maximum atomic E-state index is 12.4. The molecule has 7 nitrogen and oxygen atoms in total. The standard InChI is InChI=1S/C15H16N6OS/c1-20-7-10(6-17-20)15-19-12(9-23-15)14(22)18-11-2-3-13-16-4-5-21(13)8-11/h4-7,9,11H,2-3,8H2,1H3,(H,18,22)/t11-/m0/s1. The van der Waals surface area contributed by atoms with E-state index in [-0.39, 0.29) is 11.9 Å². The number of carbonyl (C=O) groups excluding carboxylic acids is 1. The summed E-state index contributed by atoms with van der Waals surface area (Å²) in [5, 5.41) is 9.81. The molecule has 0 fully saturated rings. The molecule has 1 atom stereocenters. The van der Waals surface area contributed by atoms with Crippen LogP contribution in [0.5, 0.6) is 0 Å². The first kappa shape index (κ1) is 14.1. The van der Waals surface area contributed by atoms with Crippen LogP contribution in [0.2, 0.25) is 0 Å². The van der Waals surface area contributed by atoms with Crippen LogP contribution < -0.4 is 5.32 Å². The highest BCUT2D eigenvalue weighted by atomic mass is 32.1. The lowest BCUT2D eigenvalue weighted by molar-refractivity contribution is 0.0923. The summed E-state index contributed by atoms with van der Waals surface area (Å²) in [6, 6.07) is 0.118. The molecular formula is C15H16N6OS. The lowest BCUT2D eigenvalue weighted by Crippen LogP contribution is -2.41. The third-order valence-electron chi connectivity index (χ3n) is 3.96. The maximum Gasteiger partial charge on any atom is 0.271 e. The Labute approximate surface area is 137 Å². The number of hydrogen-bond donors (Lipinski definition) is 1. The predicted molar refractivity (Wildman–Crippen MR) is 86.1 cm³/mol. The minimum atomic E-state index is -0.120. The number of thiazole rings is 1. The van der Waals surface area contributed by atoms with Crippen molar-refractivity contribution in [3.8, 4) is 10.6 Å². The van der Waals surface area contributed by atoms with Gasteiger partial charge in [-0.3, -0.25) is 9.48 Å². The lowest BCUT2D eigenvalue weighted by Gasteiger charge is -2.24. The van der Waals surface area contributed by atoms with Crippen LogP contribution in [0.15, 0.2) is 30.2 Å². The van der Waals surface area contributed by atoms with Crippen LogP contribution in [0.25, 0.3) is 10.6 Å². The van der Waals surface area contributed by atoms with Gasteiger partial charge in [-0.2, -0.15) is 5.10 Å². The smallest absolute Gasteiger partial charge is 0.271 e. The molecule has 3 aromatic rings. The zero-order valence-corrected chi connectivity index (χ0v) is 13.5. The fourth-order valence-electron chi connectivity index (χ4n) is 2.79. The van der Waals surface area contributed by atoms with Crippen LogP contribution >= 0.6 is 11.3 Å². The molecule has 0 radical (unpaired) electrons. The SMILES string of the molecule is Cn1cc(-c2nc(C(=O)N[C@H]3CCc4nccn4C3)cs2)cn1. The molecular weight excluding hydrogens is 312 g/mol. The number of imidazole rings is 1. The molecule has 0 aromatic carbocycles. The van der Waals surface area contributed by atoms with Crippen LogP contribution in [0, 0.1) is 0 Å². The van der Waals surface area contributed by atoms with Crippen molar-refractivity contribution >= 4 is 17.2 Å². The highest BCUT2D eigenvalue weighted by molar-refractivity contribution is 7.13. The van der Waals surface area contributed by atoms with E-state index in [1.165, 1.54) is 11.3 Å². The average molecular weight is 328 g/mol. The zero-order chi connectivity index (χ0) is 15.8. The van der Waals surface area contributed by atoms with Crippen molar-refractivity contribution in [3.63, 3.8) is 0 Å². The van der Waals surface area contributed by atoms with Crippen molar-refractivity contribution in [2.75, 3.05) is 0 Å². The molecule has 3 aromatic heterocycles. The van der Waals surface area contributed by atoms with Gasteiger partial charge in [0.15, 0.2) is 0 Å². The first-order valence-electron chi connectivity index (χ1n) is 7.44. The maximum absolute atomic E-state index is 12.4.